The maximum absolute atomic E-state index is 12.4. The Bertz CT molecular complexity index is 908. The fraction of sp³-hybridized carbons (Fsp3) is 0.480. The molecule has 0 spiro atoms. The first-order valence-corrected chi connectivity index (χ1v) is 11.2. The number of para-hydroxylation sites is 1. The van der Waals surface area contributed by atoms with Gasteiger partial charge in [-0.15, -0.1) is 0 Å². The number of amides is 1. The second-order valence-corrected chi connectivity index (χ2v) is 8.26. The minimum atomic E-state index is -0.0297. The number of ether oxygens (including phenoxy) is 3. The second kappa shape index (κ2) is 10.2. The molecule has 0 radical (unpaired) electrons. The number of morpholine rings is 1. The number of methoxy groups -OCH3 is 1. The molecule has 2 aromatic carbocycles. The lowest BCUT2D eigenvalue weighted by Gasteiger charge is -2.28. The van der Waals surface area contributed by atoms with Crippen molar-refractivity contribution >= 4 is 11.6 Å². The molecular formula is C25H32N2O4. The van der Waals surface area contributed by atoms with Gasteiger partial charge in [0.05, 0.1) is 26.9 Å². The van der Waals surface area contributed by atoms with Gasteiger partial charge in [-0.25, -0.2) is 0 Å². The lowest BCUT2D eigenvalue weighted by atomic mass is 9.83. The van der Waals surface area contributed by atoms with Crippen LogP contribution < -0.4 is 14.8 Å². The zero-order valence-corrected chi connectivity index (χ0v) is 18.5. The van der Waals surface area contributed by atoms with Crippen LogP contribution in [0.2, 0.25) is 0 Å². The van der Waals surface area contributed by atoms with Gasteiger partial charge in [0.2, 0.25) is 5.91 Å². The summed E-state index contributed by atoms with van der Waals surface area (Å²) in [6.45, 7) is 7.52. The van der Waals surface area contributed by atoms with Gasteiger partial charge in [0.15, 0.2) is 0 Å². The fourth-order valence-corrected chi connectivity index (χ4v) is 4.45. The van der Waals surface area contributed by atoms with Gasteiger partial charge >= 0.3 is 0 Å². The third-order valence-corrected chi connectivity index (χ3v) is 6.13. The molecule has 166 valence electrons. The highest BCUT2D eigenvalue weighted by atomic mass is 16.5. The zero-order valence-electron chi connectivity index (χ0n) is 18.5. The Morgan fingerprint density at radius 2 is 1.90 bits per heavy atom. The summed E-state index contributed by atoms with van der Waals surface area (Å²) in [5.74, 6) is 1.64. The number of nitrogens with one attached hydrogen (secondary N) is 1. The van der Waals surface area contributed by atoms with Gasteiger partial charge in [0.1, 0.15) is 11.5 Å². The number of hydrogen-bond acceptors (Lipinski definition) is 5. The summed E-state index contributed by atoms with van der Waals surface area (Å²) in [6.07, 6.45) is 2.52. The second-order valence-electron chi connectivity index (χ2n) is 8.26. The van der Waals surface area contributed by atoms with Crippen LogP contribution in [0, 0.1) is 6.92 Å². The van der Waals surface area contributed by atoms with Crippen LogP contribution in [0.15, 0.2) is 36.4 Å². The molecule has 2 heterocycles. The van der Waals surface area contributed by atoms with Crippen LogP contribution in [-0.2, 0) is 9.53 Å². The van der Waals surface area contributed by atoms with Crippen LogP contribution in [0.25, 0.3) is 0 Å². The Kier molecular flexibility index (Phi) is 7.10. The molecule has 1 unspecified atom stereocenters. The van der Waals surface area contributed by atoms with Gasteiger partial charge in [0, 0.05) is 42.7 Å². The van der Waals surface area contributed by atoms with E-state index in [4.69, 9.17) is 14.2 Å². The third-order valence-electron chi connectivity index (χ3n) is 6.13. The topological polar surface area (TPSA) is 60.0 Å². The molecule has 0 bridgehead atoms. The number of anilines is 1. The SMILES string of the molecule is COc1cc2c(cc1C)C(c1ccccc1OCCCCN1CCOCC1)CC(=O)N2. The number of benzene rings is 2. The summed E-state index contributed by atoms with van der Waals surface area (Å²) < 4.78 is 17.1. The van der Waals surface area contributed by atoms with Gasteiger partial charge < -0.3 is 19.5 Å². The Balaban J connectivity index is 1.44. The monoisotopic (exact) mass is 424 g/mol. The van der Waals surface area contributed by atoms with Crippen molar-refractivity contribution in [2.45, 2.75) is 32.1 Å². The predicted octanol–water partition coefficient (Wildman–Crippen LogP) is 3.97. The van der Waals surface area contributed by atoms with Crippen LogP contribution in [0.5, 0.6) is 11.5 Å². The highest BCUT2D eigenvalue weighted by Gasteiger charge is 2.29. The van der Waals surface area contributed by atoms with E-state index >= 15 is 0 Å². The third kappa shape index (κ3) is 5.20. The summed E-state index contributed by atoms with van der Waals surface area (Å²) in [4.78, 5) is 14.9. The summed E-state index contributed by atoms with van der Waals surface area (Å²) in [5, 5.41) is 3.00. The zero-order chi connectivity index (χ0) is 21.6. The predicted molar refractivity (Wildman–Crippen MR) is 121 cm³/mol. The van der Waals surface area contributed by atoms with E-state index in [1.54, 1.807) is 7.11 Å². The lowest BCUT2D eigenvalue weighted by Crippen LogP contribution is -2.36. The fourth-order valence-electron chi connectivity index (χ4n) is 4.45. The first kappa shape index (κ1) is 21.7. The van der Waals surface area contributed by atoms with E-state index < -0.39 is 0 Å². The van der Waals surface area contributed by atoms with Crippen LogP contribution in [-0.4, -0.2) is 57.4 Å². The number of unbranched alkanes of at least 4 members (excludes halogenated alkanes) is 1. The number of carbonyl (C=O) groups excluding carboxylic acids is 1. The van der Waals surface area contributed by atoms with Gasteiger partial charge in [-0.3, -0.25) is 9.69 Å². The molecule has 2 aliphatic rings. The smallest absolute Gasteiger partial charge is 0.225 e. The Morgan fingerprint density at radius 1 is 1.10 bits per heavy atom. The van der Waals surface area contributed by atoms with Crippen molar-refractivity contribution in [2.75, 3.05) is 51.9 Å². The van der Waals surface area contributed by atoms with Crippen molar-refractivity contribution in [2.24, 2.45) is 0 Å². The Labute approximate surface area is 184 Å². The summed E-state index contributed by atoms with van der Waals surface area (Å²) in [5.41, 5.74) is 4.06. The molecule has 6 nitrogen and oxygen atoms in total. The lowest BCUT2D eigenvalue weighted by molar-refractivity contribution is -0.116. The van der Waals surface area contributed by atoms with Gasteiger partial charge in [-0.05, 0) is 49.6 Å². The van der Waals surface area contributed by atoms with Crippen molar-refractivity contribution in [3.8, 4) is 11.5 Å². The molecule has 4 rings (SSSR count). The van der Waals surface area contributed by atoms with E-state index in [-0.39, 0.29) is 11.8 Å². The molecular weight excluding hydrogens is 392 g/mol. The largest absolute Gasteiger partial charge is 0.496 e. The maximum atomic E-state index is 12.4. The number of fused-ring (bicyclic) bond motifs is 1. The summed E-state index contributed by atoms with van der Waals surface area (Å²) in [7, 11) is 1.65. The number of aryl methyl sites for hydroxylation is 1. The summed E-state index contributed by atoms with van der Waals surface area (Å²) >= 11 is 0. The normalized spacial score (nSPS) is 18.9. The minimum absolute atomic E-state index is 0.0173. The van der Waals surface area contributed by atoms with Crippen molar-refractivity contribution < 1.29 is 19.0 Å². The van der Waals surface area contributed by atoms with E-state index in [1.807, 2.05) is 31.2 Å². The van der Waals surface area contributed by atoms with Crippen molar-refractivity contribution in [1.82, 2.24) is 4.90 Å². The highest BCUT2D eigenvalue weighted by molar-refractivity contribution is 5.96. The average Bonchev–Trinajstić information content (AvgIpc) is 2.79. The molecule has 1 atom stereocenters. The van der Waals surface area contributed by atoms with Crippen molar-refractivity contribution in [3.63, 3.8) is 0 Å². The minimum Gasteiger partial charge on any atom is -0.496 e. The first-order chi connectivity index (χ1) is 15.2. The van der Waals surface area contributed by atoms with Crippen LogP contribution in [0.4, 0.5) is 5.69 Å². The van der Waals surface area contributed by atoms with E-state index in [0.717, 1.165) is 79.6 Å². The molecule has 1 fully saturated rings. The molecule has 1 N–H and O–H groups in total. The molecule has 31 heavy (non-hydrogen) atoms. The molecule has 1 saturated heterocycles. The summed E-state index contributed by atoms with van der Waals surface area (Å²) in [6, 6.07) is 12.1. The molecule has 2 aliphatic heterocycles. The Hall–Kier alpha value is -2.57. The van der Waals surface area contributed by atoms with Crippen LogP contribution in [0.1, 0.15) is 41.9 Å². The number of rotatable bonds is 8. The number of nitrogens with zero attached hydrogens (tertiary/aromatic N) is 1. The number of hydrogen-bond donors (Lipinski definition) is 1. The first-order valence-electron chi connectivity index (χ1n) is 11.2. The van der Waals surface area contributed by atoms with E-state index in [1.165, 1.54) is 0 Å². The standard InChI is InChI=1S/C25H32N2O4/c1-18-15-21-20(16-25(28)26-22(21)17-24(18)29-2)19-7-3-4-8-23(19)31-12-6-5-9-27-10-13-30-14-11-27/h3-4,7-8,15,17,20H,5-6,9-14,16H2,1-2H3,(H,26,28). The van der Waals surface area contributed by atoms with Crippen LogP contribution in [0.3, 0.4) is 0 Å². The van der Waals surface area contributed by atoms with Gasteiger partial charge in [-0.1, -0.05) is 18.2 Å². The van der Waals surface area contributed by atoms with Crippen molar-refractivity contribution in [1.29, 1.82) is 0 Å². The van der Waals surface area contributed by atoms with Crippen molar-refractivity contribution in [3.05, 3.63) is 53.1 Å². The van der Waals surface area contributed by atoms with Crippen LogP contribution >= 0.6 is 0 Å². The molecule has 1 amide bonds. The van der Waals surface area contributed by atoms with Gasteiger partial charge in [0.25, 0.3) is 0 Å². The molecule has 0 aromatic heterocycles. The molecule has 0 saturated carbocycles. The maximum Gasteiger partial charge on any atom is 0.225 e. The molecule has 2 aromatic rings. The molecule has 0 aliphatic carbocycles. The number of carbonyl (C=O) groups is 1. The average molecular weight is 425 g/mol. The van der Waals surface area contributed by atoms with E-state index in [0.29, 0.717) is 13.0 Å². The quantitative estimate of drug-likeness (QED) is 0.650. The van der Waals surface area contributed by atoms with Gasteiger partial charge in [-0.2, -0.15) is 0 Å². The highest BCUT2D eigenvalue weighted by Crippen LogP contribution is 2.43. The Morgan fingerprint density at radius 3 is 2.71 bits per heavy atom. The molecule has 6 heteroatoms. The van der Waals surface area contributed by atoms with E-state index in [9.17, 15) is 4.79 Å². The van der Waals surface area contributed by atoms with E-state index in [2.05, 4.69) is 22.3 Å².